The molecule has 0 spiro atoms. The molecule has 64 valence electrons. The molecule has 3 heteroatoms. The summed E-state index contributed by atoms with van der Waals surface area (Å²) in [5.74, 6) is -0.387. The molecule has 0 aliphatic rings. The zero-order valence-electron chi connectivity index (χ0n) is 7.09. The second-order valence-corrected chi connectivity index (χ2v) is 2.46. The van der Waals surface area contributed by atoms with Gasteiger partial charge in [0, 0.05) is 5.57 Å². The molecule has 0 aliphatic heterocycles. The molecule has 0 aromatic rings. The molecule has 0 aromatic carbocycles. The smallest absolute Gasteiger partial charge is 0.334 e. The number of hydrogen-bond donors (Lipinski definition) is 1. The summed E-state index contributed by atoms with van der Waals surface area (Å²) in [5, 5.41) is 0. The van der Waals surface area contributed by atoms with Gasteiger partial charge in [-0.25, -0.2) is 4.79 Å². The molecule has 0 fully saturated rings. The third-order valence-corrected chi connectivity index (χ3v) is 1.13. The number of carbonyl (C=O) groups is 1. The van der Waals surface area contributed by atoms with Gasteiger partial charge in [-0.05, 0) is 13.3 Å². The summed E-state index contributed by atoms with van der Waals surface area (Å²) in [6.45, 7) is 7.15. The monoisotopic (exact) mass is 157 g/mol. The minimum Gasteiger partial charge on any atom is -0.444 e. The van der Waals surface area contributed by atoms with Crippen molar-refractivity contribution in [3.05, 3.63) is 12.2 Å². The van der Waals surface area contributed by atoms with E-state index >= 15 is 0 Å². The molecular weight excluding hydrogens is 142 g/mol. The van der Waals surface area contributed by atoms with Crippen molar-refractivity contribution in [2.75, 3.05) is 0 Å². The molecule has 0 heterocycles. The van der Waals surface area contributed by atoms with E-state index in [1.54, 1.807) is 6.92 Å². The third-order valence-electron chi connectivity index (χ3n) is 1.13. The molecule has 0 bridgehead atoms. The van der Waals surface area contributed by atoms with E-state index in [2.05, 4.69) is 6.58 Å². The van der Waals surface area contributed by atoms with Crippen LogP contribution >= 0.6 is 0 Å². The van der Waals surface area contributed by atoms with Gasteiger partial charge < -0.3 is 4.74 Å². The fourth-order valence-electron chi connectivity index (χ4n) is 0.656. The largest absolute Gasteiger partial charge is 0.444 e. The molecule has 0 saturated carbocycles. The number of rotatable bonds is 4. The number of hydrogen-bond acceptors (Lipinski definition) is 3. The fourth-order valence-corrected chi connectivity index (χ4v) is 0.656. The Hall–Kier alpha value is -0.830. The van der Waals surface area contributed by atoms with Gasteiger partial charge in [-0.3, -0.25) is 5.73 Å². The molecule has 0 rings (SSSR count). The minimum absolute atomic E-state index is 0.387. The topological polar surface area (TPSA) is 52.3 Å². The maximum absolute atomic E-state index is 10.9. The van der Waals surface area contributed by atoms with Crippen molar-refractivity contribution in [2.45, 2.75) is 32.9 Å². The highest BCUT2D eigenvalue weighted by Gasteiger charge is 2.08. The van der Waals surface area contributed by atoms with Gasteiger partial charge in [-0.2, -0.15) is 0 Å². The van der Waals surface area contributed by atoms with Crippen LogP contribution in [-0.2, 0) is 9.53 Å². The molecule has 3 nitrogen and oxygen atoms in total. The predicted octanol–water partition coefficient (Wildman–Crippen LogP) is 1.19. The van der Waals surface area contributed by atoms with E-state index in [1.807, 2.05) is 6.92 Å². The first kappa shape index (κ1) is 10.2. The second-order valence-electron chi connectivity index (χ2n) is 2.46. The predicted molar refractivity (Wildman–Crippen MR) is 43.8 cm³/mol. The number of carbonyl (C=O) groups excluding carboxylic acids is 1. The Morgan fingerprint density at radius 1 is 1.73 bits per heavy atom. The van der Waals surface area contributed by atoms with Gasteiger partial charge in [-0.15, -0.1) is 0 Å². The van der Waals surface area contributed by atoms with Crippen LogP contribution in [0.2, 0.25) is 0 Å². The molecule has 0 aromatic heterocycles. The van der Waals surface area contributed by atoms with Crippen LogP contribution < -0.4 is 5.73 Å². The average Bonchev–Trinajstić information content (AvgIpc) is 1.86. The van der Waals surface area contributed by atoms with E-state index < -0.39 is 6.23 Å². The summed E-state index contributed by atoms with van der Waals surface area (Å²) in [6, 6.07) is 0. The first-order valence-electron chi connectivity index (χ1n) is 3.72. The van der Waals surface area contributed by atoms with Crippen molar-refractivity contribution in [3.63, 3.8) is 0 Å². The summed E-state index contributed by atoms with van der Waals surface area (Å²) in [7, 11) is 0. The van der Waals surface area contributed by atoms with E-state index in [0.29, 0.717) is 12.0 Å². The maximum Gasteiger partial charge on any atom is 0.334 e. The van der Waals surface area contributed by atoms with Gasteiger partial charge in [0.1, 0.15) is 6.23 Å². The Kier molecular flexibility index (Phi) is 4.54. The lowest BCUT2D eigenvalue weighted by Gasteiger charge is -2.08. The molecule has 11 heavy (non-hydrogen) atoms. The Bertz CT molecular complexity index is 152. The van der Waals surface area contributed by atoms with Crippen molar-refractivity contribution in [3.8, 4) is 0 Å². The van der Waals surface area contributed by atoms with Crippen molar-refractivity contribution < 1.29 is 9.53 Å². The summed E-state index contributed by atoms with van der Waals surface area (Å²) >= 11 is 0. The van der Waals surface area contributed by atoms with Crippen LogP contribution in [0, 0.1) is 0 Å². The lowest BCUT2D eigenvalue weighted by molar-refractivity contribution is -0.143. The summed E-state index contributed by atoms with van der Waals surface area (Å²) in [4.78, 5) is 10.9. The minimum atomic E-state index is -0.545. The van der Waals surface area contributed by atoms with Gasteiger partial charge >= 0.3 is 5.97 Å². The summed E-state index contributed by atoms with van der Waals surface area (Å²) in [6.07, 6.45) is 1.02. The number of ether oxygens (including phenoxy) is 1. The third kappa shape index (κ3) is 4.56. The fraction of sp³-hybridized carbons (Fsp3) is 0.625. The first-order chi connectivity index (χ1) is 5.07. The van der Waals surface area contributed by atoms with Gasteiger partial charge in [0.05, 0.1) is 0 Å². The van der Waals surface area contributed by atoms with Crippen molar-refractivity contribution in [1.29, 1.82) is 0 Å². The van der Waals surface area contributed by atoms with E-state index in [-0.39, 0.29) is 5.97 Å². The Balaban J connectivity index is 3.74. The first-order valence-corrected chi connectivity index (χ1v) is 3.72. The van der Waals surface area contributed by atoms with Gasteiger partial charge in [-0.1, -0.05) is 19.9 Å². The quantitative estimate of drug-likeness (QED) is 0.379. The highest BCUT2D eigenvalue weighted by Crippen LogP contribution is 2.04. The molecule has 0 saturated heterocycles. The highest BCUT2D eigenvalue weighted by molar-refractivity contribution is 5.87. The number of nitrogens with two attached hydrogens (primary N) is 1. The summed E-state index contributed by atoms with van der Waals surface area (Å²) in [5.41, 5.74) is 5.73. The zero-order chi connectivity index (χ0) is 8.85. The summed E-state index contributed by atoms with van der Waals surface area (Å²) < 4.78 is 4.70. The van der Waals surface area contributed by atoms with Crippen molar-refractivity contribution in [2.24, 2.45) is 5.73 Å². The van der Waals surface area contributed by atoms with E-state index in [0.717, 1.165) is 6.42 Å². The number of esters is 1. The molecule has 1 unspecified atom stereocenters. The second kappa shape index (κ2) is 4.91. The van der Waals surface area contributed by atoms with Crippen LogP contribution in [0.5, 0.6) is 0 Å². The Morgan fingerprint density at radius 2 is 2.27 bits per heavy atom. The Labute approximate surface area is 67.2 Å². The lowest BCUT2D eigenvalue weighted by atomic mass is 10.2. The molecular formula is C8H15NO2. The molecule has 0 amide bonds. The molecule has 0 aliphatic carbocycles. The lowest BCUT2D eigenvalue weighted by Crippen LogP contribution is -2.23. The Morgan fingerprint density at radius 3 is 2.64 bits per heavy atom. The van der Waals surface area contributed by atoms with Gasteiger partial charge in [0.2, 0.25) is 0 Å². The molecule has 1 atom stereocenters. The van der Waals surface area contributed by atoms with Gasteiger partial charge in [0.15, 0.2) is 0 Å². The normalized spacial score (nSPS) is 12.3. The molecule has 0 radical (unpaired) electrons. The molecule has 2 N–H and O–H groups in total. The van der Waals surface area contributed by atoms with E-state index in [4.69, 9.17) is 10.5 Å². The van der Waals surface area contributed by atoms with Crippen molar-refractivity contribution >= 4 is 5.97 Å². The SMILES string of the molecule is C=C(CCC)C(=O)OC(C)N. The van der Waals surface area contributed by atoms with Crippen molar-refractivity contribution in [1.82, 2.24) is 0 Å². The van der Waals surface area contributed by atoms with Crippen LogP contribution in [0.1, 0.15) is 26.7 Å². The van der Waals surface area contributed by atoms with Crippen LogP contribution in [0.25, 0.3) is 0 Å². The van der Waals surface area contributed by atoms with E-state index in [1.165, 1.54) is 0 Å². The average molecular weight is 157 g/mol. The van der Waals surface area contributed by atoms with Gasteiger partial charge in [0.25, 0.3) is 0 Å². The maximum atomic E-state index is 10.9. The van der Waals surface area contributed by atoms with E-state index in [9.17, 15) is 4.79 Å². The van der Waals surface area contributed by atoms with Crippen LogP contribution in [0.15, 0.2) is 12.2 Å². The van der Waals surface area contributed by atoms with Crippen LogP contribution in [0.4, 0.5) is 0 Å². The van der Waals surface area contributed by atoms with Crippen LogP contribution in [-0.4, -0.2) is 12.2 Å². The zero-order valence-corrected chi connectivity index (χ0v) is 7.09. The highest BCUT2D eigenvalue weighted by atomic mass is 16.6. The van der Waals surface area contributed by atoms with Crippen LogP contribution in [0.3, 0.4) is 0 Å². The standard InChI is InChI=1S/C8H15NO2/c1-4-5-6(2)8(10)11-7(3)9/h7H,2,4-5,9H2,1,3H3.